The Morgan fingerprint density at radius 3 is 3.12 bits per heavy atom. The van der Waals surface area contributed by atoms with Gasteiger partial charge >= 0.3 is 6.03 Å². The van der Waals surface area contributed by atoms with Crippen molar-refractivity contribution in [2.75, 3.05) is 18.8 Å². The van der Waals surface area contributed by atoms with Gasteiger partial charge in [0, 0.05) is 25.3 Å². The molecule has 1 aliphatic heterocycles. The largest absolute Gasteiger partial charge is 0.398 e. The number of anilines is 1. The zero-order chi connectivity index (χ0) is 11.5. The average Bonchev–Trinajstić information content (AvgIpc) is 2.29. The molecule has 86 valence electrons. The Labute approximate surface area is 95.4 Å². The maximum Gasteiger partial charge on any atom is 0.317 e. The number of carbonyl (C=O) groups excluding carboxylic acids is 1. The summed E-state index contributed by atoms with van der Waals surface area (Å²) in [5.41, 5.74) is 9.06. The number of amides is 2. The molecule has 0 saturated carbocycles. The molecule has 1 aromatic carbocycles. The molecule has 0 aliphatic carbocycles. The van der Waals surface area contributed by atoms with Gasteiger partial charge in [0.05, 0.1) is 0 Å². The molecule has 2 amide bonds. The van der Waals surface area contributed by atoms with E-state index in [1.165, 1.54) is 5.56 Å². The molecule has 1 heterocycles. The van der Waals surface area contributed by atoms with Crippen LogP contribution in [0.1, 0.15) is 18.1 Å². The smallest absolute Gasteiger partial charge is 0.317 e. The molecule has 0 saturated heterocycles. The highest BCUT2D eigenvalue weighted by Crippen LogP contribution is 2.23. The van der Waals surface area contributed by atoms with E-state index >= 15 is 0 Å². The van der Waals surface area contributed by atoms with E-state index in [1.807, 2.05) is 24.0 Å². The maximum absolute atomic E-state index is 11.7. The summed E-state index contributed by atoms with van der Waals surface area (Å²) in [7, 11) is 0. The van der Waals surface area contributed by atoms with E-state index in [2.05, 4.69) is 11.4 Å². The maximum atomic E-state index is 11.7. The van der Waals surface area contributed by atoms with Crippen molar-refractivity contribution in [3.8, 4) is 0 Å². The quantitative estimate of drug-likeness (QED) is 0.701. The zero-order valence-corrected chi connectivity index (χ0v) is 9.49. The van der Waals surface area contributed by atoms with Gasteiger partial charge in [-0.1, -0.05) is 12.1 Å². The van der Waals surface area contributed by atoms with E-state index in [1.54, 1.807) is 0 Å². The Balaban J connectivity index is 2.17. The fraction of sp³-hybridized carbons (Fsp3) is 0.417. The van der Waals surface area contributed by atoms with Crippen LogP contribution < -0.4 is 11.1 Å². The van der Waals surface area contributed by atoms with Crippen LogP contribution in [0.3, 0.4) is 0 Å². The van der Waals surface area contributed by atoms with Gasteiger partial charge in [0.2, 0.25) is 0 Å². The molecule has 1 aromatic rings. The summed E-state index contributed by atoms with van der Waals surface area (Å²) >= 11 is 0. The molecular formula is C12H17N3O. The summed E-state index contributed by atoms with van der Waals surface area (Å²) in [6.45, 7) is 3.97. The summed E-state index contributed by atoms with van der Waals surface area (Å²) in [4.78, 5) is 13.5. The first-order chi connectivity index (χ1) is 7.72. The fourth-order valence-corrected chi connectivity index (χ4v) is 2.04. The standard InChI is InChI=1S/C12H17N3O/c1-2-14-12(16)15-7-6-9-4-3-5-11(13)10(9)8-15/h3-5H,2,6-8,13H2,1H3,(H,14,16). The van der Waals surface area contributed by atoms with Crippen molar-refractivity contribution in [3.05, 3.63) is 29.3 Å². The molecule has 0 spiro atoms. The Morgan fingerprint density at radius 1 is 1.56 bits per heavy atom. The van der Waals surface area contributed by atoms with Crippen LogP contribution in [0, 0.1) is 0 Å². The molecule has 3 N–H and O–H groups in total. The molecule has 4 heteroatoms. The highest BCUT2D eigenvalue weighted by Gasteiger charge is 2.21. The Bertz CT molecular complexity index is 403. The summed E-state index contributed by atoms with van der Waals surface area (Å²) in [5.74, 6) is 0. The third kappa shape index (κ3) is 1.96. The lowest BCUT2D eigenvalue weighted by Gasteiger charge is -2.29. The van der Waals surface area contributed by atoms with Crippen molar-refractivity contribution in [2.24, 2.45) is 0 Å². The molecule has 1 aliphatic rings. The minimum Gasteiger partial charge on any atom is -0.398 e. The van der Waals surface area contributed by atoms with Gasteiger partial charge in [-0.05, 0) is 30.5 Å². The number of rotatable bonds is 1. The number of hydrogen-bond acceptors (Lipinski definition) is 2. The van der Waals surface area contributed by atoms with Crippen molar-refractivity contribution in [3.63, 3.8) is 0 Å². The minimum atomic E-state index is -0.00333. The molecule has 0 aromatic heterocycles. The lowest BCUT2D eigenvalue weighted by Crippen LogP contribution is -2.42. The third-order valence-electron chi connectivity index (χ3n) is 2.92. The van der Waals surface area contributed by atoms with E-state index < -0.39 is 0 Å². The van der Waals surface area contributed by atoms with Gasteiger partial charge in [0.1, 0.15) is 0 Å². The molecule has 16 heavy (non-hydrogen) atoms. The van der Waals surface area contributed by atoms with Gasteiger partial charge in [0.15, 0.2) is 0 Å². The van der Waals surface area contributed by atoms with Crippen LogP contribution >= 0.6 is 0 Å². The molecule has 2 rings (SSSR count). The first-order valence-electron chi connectivity index (χ1n) is 5.61. The van der Waals surface area contributed by atoms with Crippen LogP contribution in [0.2, 0.25) is 0 Å². The molecule has 4 nitrogen and oxygen atoms in total. The monoisotopic (exact) mass is 219 g/mol. The average molecular weight is 219 g/mol. The number of nitrogens with two attached hydrogens (primary N) is 1. The third-order valence-corrected chi connectivity index (χ3v) is 2.92. The number of benzene rings is 1. The number of nitrogens with zero attached hydrogens (tertiary/aromatic N) is 1. The van der Waals surface area contributed by atoms with E-state index in [9.17, 15) is 4.79 Å². The predicted molar refractivity (Wildman–Crippen MR) is 64.0 cm³/mol. The zero-order valence-electron chi connectivity index (χ0n) is 9.49. The Morgan fingerprint density at radius 2 is 2.38 bits per heavy atom. The van der Waals surface area contributed by atoms with E-state index in [0.717, 1.165) is 24.2 Å². The van der Waals surface area contributed by atoms with E-state index in [-0.39, 0.29) is 6.03 Å². The van der Waals surface area contributed by atoms with Crippen LogP contribution in [0.5, 0.6) is 0 Å². The summed E-state index contributed by atoms with van der Waals surface area (Å²) < 4.78 is 0. The van der Waals surface area contributed by atoms with Gasteiger partial charge < -0.3 is 16.0 Å². The molecular weight excluding hydrogens is 202 g/mol. The van der Waals surface area contributed by atoms with Crippen LogP contribution in [0.25, 0.3) is 0 Å². The second-order valence-corrected chi connectivity index (χ2v) is 3.99. The second-order valence-electron chi connectivity index (χ2n) is 3.99. The molecule has 0 bridgehead atoms. The molecule has 0 atom stereocenters. The van der Waals surface area contributed by atoms with Crippen molar-refractivity contribution in [1.29, 1.82) is 0 Å². The van der Waals surface area contributed by atoms with Crippen LogP contribution in [0.4, 0.5) is 10.5 Å². The lowest BCUT2D eigenvalue weighted by molar-refractivity contribution is 0.193. The first-order valence-corrected chi connectivity index (χ1v) is 5.61. The number of nitrogen functional groups attached to an aromatic ring is 1. The van der Waals surface area contributed by atoms with Crippen LogP contribution in [-0.4, -0.2) is 24.0 Å². The normalized spacial score (nSPS) is 14.4. The predicted octanol–water partition coefficient (Wildman–Crippen LogP) is 1.36. The van der Waals surface area contributed by atoms with Gasteiger partial charge in [-0.2, -0.15) is 0 Å². The summed E-state index contributed by atoms with van der Waals surface area (Å²) in [6, 6.07) is 5.94. The highest BCUT2D eigenvalue weighted by atomic mass is 16.2. The Hall–Kier alpha value is -1.71. The Kier molecular flexibility index (Phi) is 2.99. The first kappa shape index (κ1) is 10.8. The van der Waals surface area contributed by atoms with Gasteiger partial charge in [0.25, 0.3) is 0 Å². The van der Waals surface area contributed by atoms with Crippen molar-refractivity contribution in [2.45, 2.75) is 19.9 Å². The number of nitrogens with one attached hydrogen (secondary N) is 1. The van der Waals surface area contributed by atoms with Crippen molar-refractivity contribution in [1.82, 2.24) is 10.2 Å². The fourth-order valence-electron chi connectivity index (χ4n) is 2.04. The molecule has 0 fully saturated rings. The van der Waals surface area contributed by atoms with Gasteiger partial charge in [-0.15, -0.1) is 0 Å². The highest BCUT2D eigenvalue weighted by molar-refractivity contribution is 5.75. The summed E-state index contributed by atoms with van der Waals surface area (Å²) in [5, 5.41) is 2.81. The number of fused-ring (bicyclic) bond motifs is 1. The van der Waals surface area contributed by atoms with Gasteiger partial charge in [-0.25, -0.2) is 4.79 Å². The minimum absolute atomic E-state index is 0.00333. The summed E-state index contributed by atoms with van der Waals surface area (Å²) in [6.07, 6.45) is 0.886. The molecule has 0 unspecified atom stereocenters. The van der Waals surface area contributed by atoms with Crippen molar-refractivity contribution < 1.29 is 4.79 Å². The van der Waals surface area contributed by atoms with Crippen LogP contribution in [0.15, 0.2) is 18.2 Å². The van der Waals surface area contributed by atoms with Crippen LogP contribution in [-0.2, 0) is 13.0 Å². The molecule has 0 radical (unpaired) electrons. The van der Waals surface area contributed by atoms with Gasteiger partial charge in [-0.3, -0.25) is 0 Å². The van der Waals surface area contributed by atoms with E-state index in [4.69, 9.17) is 5.73 Å². The number of urea groups is 1. The second kappa shape index (κ2) is 4.43. The SMILES string of the molecule is CCNC(=O)N1CCc2cccc(N)c2C1. The number of hydrogen-bond donors (Lipinski definition) is 2. The van der Waals surface area contributed by atoms with Crippen molar-refractivity contribution >= 4 is 11.7 Å². The topological polar surface area (TPSA) is 58.4 Å². The lowest BCUT2D eigenvalue weighted by atomic mass is 9.98. The number of carbonyl (C=O) groups is 1. The van der Waals surface area contributed by atoms with E-state index in [0.29, 0.717) is 13.1 Å².